The monoisotopic (exact) mass is 343 g/mol. The molecule has 0 aromatic heterocycles. The van der Waals surface area contributed by atoms with Gasteiger partial charge in [-0.2, -0.15) is 0 Å². The van der Waals surface area contributed by atoms with Crippen LogP contribution in [0.2, 0.25) is 0 Å². The van der Waals surface area contributed by atoms with Crippen LogP contribution in [-0.2, 0) is 20.7 Å². The van der Waals surface area contributed by atoms with E-state index >= 15 is 0 Å². The van der Waals surface area contributed by atoms with Crippen molar-refractivity contribution in [2.24, 2.45) is 0 Å². The van der Waals surface area contributed by atoms with Crippen molar-refractivity contribution in [2.45, 2.75) is 38.8 Å². The topological polar surface area (TPSA) is 55.8 Å². The number of nitrogens with zero attached hydrogens (tertiary/aromatic N) is 1. The normalized spacial score (nSPS) is 12.5. The summed E-state index contributed by atoms with van der Waals surface area (Å²) in [4.78, 5) is 25.8. The van der Waals surface area contributed by atoms with Crippen molar-refractivity contribution in [3.63, 3.8) is 0 Å². The third-order valence-corrected chi connectivity index (χ3v) is 3.87. The van der Waals surface area contributed by atoms with Gasteiger partial charge < -0.3 is 9.47 Å². The lowest BCUT2D eigenvalue weighted by Gasteiger charge is -2.29. The Hall–Kier alpha value is -2.56. The molecular formula is C20H25NO4. The van der Waals surface area contributed by atoms with Gasteiger partial charge >= 0.3 is 12.1 Å². The molecule has 1 amide bonds. The maximum atomic E-state index is 12.3. The van der Waals surface area contributed by atoms with Crippen LogP contribution in [0.15, 0.2) is 42.5 Å². The van der Waals surface area contributed by atoms with Crippen molar-refractivity contribution in [2.75, 3.05) is 14.2 Å². The minimum atomic E-state index is -0.749. The predicted molar refractivity (Wildman–Crippen MR) is 97.5 cm³/mol. The molecule has 5 nitrogen and oxygen atoms in total. The minimum absolute atomic E-state index is 0.354. The number of carbonyl (C=O) groups excluding carboxylic acids is 2. The number of carbonyl (C=O) groups is 2. The summed E-state index contributed by atoms with van der Waals surface area (Å²) in [5.74, 6) is -0.471. The fraction of sp³-hybridized carbons (Fsp3) is 0.400. The van der Waals surface area contributed by atoms with Crippen molar-refractivity contribution in [1.29, 1.82) is 0 Å². The lowest BCUT2D eigenvalue weighted by Crippen LogP contribution is -2.46. The molecule has 0 aliphatic rings. The number of ether oxygens (including phenoxy) is 2. The first-order chi connectivity index (χ1) is 11.7. The molecule has 0 heterocycles. The first kappa shape index (κ1) is 18.8. The largest absolute Gasteiger partial charge is 0.467 e. The van der Waals surface area contributed by atoms with Crippen LogP contribution in [0.25, 0.3) is 10.8 Å². The Kier molecular flexibility index (Phi) is 5.67. The van der Waals surface area contributed by atoms with Gasteiger partial charge in [-0.05, 0) is 37.1 Å². The summed E-state index contributed by atoms with van der Waals surface area (Å²) >= 11 is 0. The molecule has 2 aromatic carbocycles. The van der Waals surface area contributed by atoms with Gasteiger partial charge in [0.05, 0.1) is 7.11 Å². The molecule has 2 rings (SSSR count). The Morgan fingerprint density at radius 2 is 1.72 bits per heavy atom. The van der Waals surface area contributed by atoms with Gasteiger partial charge in [0.1, 0.15) is 11.6 Å². The second-order valence-electron chi connectivity index (χ2n) is 7.02. The zero-order chi connectivity index (χ0) is 18.6. The summed E-state index contributed by atoms with van der Waals surface area (Å²) in [7, 11) is 2.87. The summed E-state index contributed by atoms with van der Waals surface area (Å²) in [5.41, 5.74) is 0.319. The van der Waals surface area contributed by atoms with E-state index in [0.717, 1.165) is 16.3 Å². The number of hydrogen-bond donors (Lipinski definition) is 0. The highest BCUT2D eigenvalue weighted by atomic mass is 16.6. The number of methoxy groups -OCH3 is 1. The number of fused-ring (bicyclic) bond motifs is 1. The number of amides is 1. The van der Waals surface area contributed by atoms with Gasteiger partial charge in [-0.25, -0.2) is 9.59 Å². The van der Waals surface area contributed by atoms with E-state index < -0.39 is 23.7 Å². The van der Waals surface area contributed by atoms with E-state index in [0.29, 0.717) is 6.42 Å². The lowest BCUT2D eigenvalue weighted by molar-refractivity contribution is -0.146. The van der Waals surface area contributed by atoms with Crippen molar-refractivity contribution in [3.8, 4) is 0 Å². The molecule has 0 bridgehead atoms. The number of benzene rings is 2. The highest BCUT2D eigenvalue weighted by Gasteiger charge is 2.31. The van der Waals surface area contributed by atoms with Crippen LogP contribution in [0.3, 0.4) is 0 Å². The Morgan fingerprint density at radius 1 is 1.08 bits per heavy atom. The molecule has 0 spiro atoms. The third-order valence-electron chi connectivity index (χ3n) is 3.87. The molecule has 0 saturated heterocycles. The third kappa shape index (κ3) is 4.95. The van der Waals surface area contributed by atoms with E-state index in [4.69, 9.17) is 9.47 Å². The Balaban J connectivity index is 2.24. The average Bonchev–Trinajstić information content (AvgIpc) is 2.56. The van der Waals surface area contributed by atoms with E-state index in [1.165, 1.54) is 12.0 Å². The molecule has 5 heteroatoms. The van der Waals surface area contributed by atoms with Crippen molar-refractivity contribution in [3.05, 3.63) is 48.0 Å². The molecule has 0 fully saturated rings. The van der Waals surface area contributed by atoms with E-state index in [1.54, 1.807) is 27.8 Å². The predicted octanol–water partition coefficient (Wildman–Crippen LogP) is 3.79. The quantitative estimate of drug-likeness (QED) is 0.793. The molecule has 0 N–H and O–H groups in total. The zero-order valence-electron chi connectivity index (χ0n) is 15.4. The lowest BCUT2D eigenvalue weighted by atomic mass is 10.0. The van der Waals surface area contributed by atoms with Crippen LogP contribution in [-0.4, -0.2) is 42.8 Å². The highest BCUT2D eigenvalue weighted by molar-refractivity contribution is 5.84. The summed E-state index contributed by atoms with van der Waals surface area (Å²) < 4.78 is 10.2. The van der Waals surface area contributed by atoms with E-state index in [2.05, 4.69) is 0 Å². The van der Waals surface area contributed by atoms with Crippen LogP contribution in [0, 0.1) is 0 Å². The molecule has 0 unspecified atom stereocenters. The maximum absolute atomic E-state index is 12.3. The van der Waals surface area contributed by atoms with Crippen LogP contribution in [0.5, 0.6) is 0 Å². The van der Waals surface area contributed by atoms with Gasteiger partial charge in [-0.1, -0.05) is 42.5 Å². The molecule has 0 saturated carbocycles. The Morgan fingerprint density at radius 3 is 2.32 bits per heavy atom. The number of hydrogen-bond acceptors (Lipinski definition) is 4. The molecule has 0 aliphatic carbocycles. The van der Waals surface area contributed by atoms with Crippen LogP contribution in [0.1, 0.15) is 26.3 Å². The summed E-state index contributed by atoms with van der Waals surface area (Å²) in [6.07, 6.45) is -0.198. The first-order valence-corrected chi connectivity index (χ1v) is 8.22. The van der Waals surface area contributed by atoms with Gasteiger partial charge in [0.2, 0.25) is 0 Å². The van der Waals surface area contributed by atoms with Crippen LogP contribution >= 0.6 is 0 Å². The molecule has 1 atom stereocenters. The first-order valence-electron chi connectivity index (χ1n) is 8.22. The zero-order valence-corrected chi connectivity index (χ0v) is 15.4. The molecule has 0 aliphatic heterocycles. The molecule has 0 radical (unpaired) electrons. The van der Waals surface area contributed by atoms with E-state index in [1.807, 2.05) is 42.5 Å². The summed E-state index contributed by atoms with van der Waals surface area (Å²) in [6.45, 7) is 5.36. The van der Waals surface area contributed by atoms with E-state index in [9.17, 15) is 9.59 Å². The molecule has 2 aromatic rings. The SMILES string of the molecule is COC(=O)[C@@H](Cc1ccc2ccccc2c1)N(C)C(=O)OC(C)(C)C. The standard InChI is InChI=1S/C20H25NO4/c1-20(2,3)25-19(23)21(4)17(18(22)24-5)13-14-10-11-15-8-6-7-9-16(15)12-14/h6-12,17H,13H2,1-5H3/t17-/m1/s1. The van der Waals surface area contributed by atoms with Crippen LogP contribution in [0.4, 0.5) is 4.79 Å². The van der Waals surface area contributed by atoms with E-state index in [-0.39, 0.29) is 0 Å². The van der Waals surface area contributed by atoms with Crippen molar-refractivity contribution in [1.82, 2.24) is 4.90 Å². The molecule has 25 heavy (non-hydrogen) atoms. The van der Waals surface area contributed by atoms with Gasteiger partial charge in [-0.3, -0.25) is 4.90 Å². The number of likely N-dealkylation sites (N-methyl/N-ethyl adjacent to an activating group) is 1. The molecule has 134 valence electrons. The van der Waals surface area contributed by atoms with Gasteiger partial charge in [0.25, 0.3) is 0 Å². The minimum Gasteiger partial charge on any atom is -0.467 e. The Labute approximate surface area is 148 Å². The summed E-state index contributed by atoms with van der Waals surface area (Å²) in [5, 5.41) is 2.21. The Bertz CT molecular complexity index is 764. The number of rotatable bonds is 4. The summed E-state index contributed by atoms with van der Waals surface area (Å²) in [6, 6.07) is 13.2. The van der Waals surface area contributed by atoms with Crippen LogP contribution < -0.4 is 0 Å². The number of esters is 1. The smallest absolute Gasteiger partial charge is 0.410 e. The fourth-order valence-corrected chi connectivity index (χ4v) is 2.56. The van der Waals surface area contributed by atoms with Crippen molar-refractivity contribution >= 4 is 22.8 Å². The highest BCUT2D eigenvalue weighted by Crippen LogP contribution is 2.19. The van der Waals surface area contributed by atoms with Gasteiger partial charge in [-0.15, -0.1) is 0 Å². The molecular weight excluding hydrogens is 318 g/mol. The van der Waals surface area contributed by atoms with Gasteiger partial charge in [0.15, 0.2) is 0 Å². The average molecular weight is 343 g/mol. The second-order valence-corrected chi connectivity index (χ2v) is 7.02. The van der Waals surface area contributed by atoms with Gasteiger partial charge in [0, 0.05) is 13.5 Å². The second kappa shape index (κ2) is 7.55. The fourth-order valence-electron chi connectivity index (χ4n) is 2.56. The van der Waals surface area contributed by atoms with Crippen molar-refractivity contribution < 1.29 is 19.1 Å². The maximum Gasteiger partial charge on any atom is 0.410 e.